The summed E-state index contributed by atoms with van der Waals surface area (Å²) in [6.45, 7) is 8.07. The molecule has 5 rings (SSSR count). The topological polar surface area (TPSA) is 132 Å². The number of carbonyl (C=O) groups is 3. The number of benzene rings is 2. The highest BCUT2D eigenvalue weighted by Gasteiger charge is 2.41. The van der Waals surface area contributed by atoms with E-state index in [1.54, 1.807) is 0 Å². The van der Waals surface area contributed by atoms with Gasteiger partial charge in [-0.15, -0.1) is 0 Å². The molecule has 3 aliphatic rings. The van der Waals surface area contributed by atoms with Crippen LogP contribution in [0.3, 0.4) is 0 Å². The molecule has 2 heterocycles. The summed E-state index contributed by atoms with van der Waals surface area (Å²) in [4.78, 5) is 40.7. The van der Waals surface area contributed by atoms with Gasteiger partial charge in [-0.25, -0.2) is 9.59 Å². The standard InChI is InChI=1S/C33H45N5O6/c1-33(2,3)44-28-18-29(38(21-28)32(41)42)30(39)34-19-22-16-17-37(20-22)25-12-8-23(9-13-25)35-31(40)36-24-10-14-27(15-11-24)43-26-6-4-5-7-26/h8-15,22,26,28-29H,4-7,16-21H2,1-3H3,(H,34,39)(H,41,42)(H2,35,36,40)/t22?,28-,29+/m1/s1. The summed E-state index contributed by atoms with van der Waals surface area (Å²) < 4.78 is 11.9. The third-order valence-corrected chi connectivity index (χ3v) is 8.39. The fourth-order valence-electron chi connectivity index (χ4n) is 6.30. The van der Waals surface area contributed by atoms with Crippen molar-refractivity contribution in [1.82, 2.24) is 10.2 Å². The highest BCUT2D eigenvalue weighted by Crippen LogP contribution is 2.28. The number of rotatable bonds is 9. The van der Waals surface area contributed by atoms with Crippen LogP contribution in [0, 0.1) is 5.92 Å². The van der Waals surface area contributed by atoms with Gasteiger partial charge in [-0.1, -0.05) is 0 Å². The second-order valence-corrected chi connectivity index (χ2v) is 13.1. The number of nitrogens with zero attached hydrogens (tertiary/aromatic N) is 2. The zero-order valence-corrected chi connectivity index (χ0v) is 25.9. The molecule has 2 aromatic rings. The first-order chi connectivity index (χ1) is 21.0. The molecule has 1 saturated carbocycles. The first kappa shape index (κ1) is 31.4. The molecular formula is C33H45N5O6. The van der Waals surface area contributed by atoms with Crippen molar-refractivity contribution in [2.24, 2.45) is 5.92 Å². The number of amides is 4. The Morgan fingerprint density at radius 3 is 2.14 bits per heavy atom. The molecule has 2 aliphatic heterocycles. The Bertz CT molecular complexity index is 1290. The predicted octanol–water partition coefficient (Wildman–Crippen LogP) is 5.53. The molecule has 238 valence electrons. The van der Waals surface area contributed by atoms with E-state index >= 15 is 0 Å². The van der Waals surface area contributed by atoms with Gasteiger partial charge in [0.05, 0.1) is 24.4 Å². The molecule has 11 heteroatoms. The first-order valence-corrected chi connectivity index (χ1v) is 15.7. The number of carbonyl (C=O) groups excluding carboxylic acids is 2. The van der Waals surface area contributed by atoms with Gasteiger partial charge in [0.15, 0.2) is 0 Å². The summed E-state index contributed by atoms with van der Waals surface area (Å²) in [6, 6.07) is 14.1. The highest BCUT2D eigenvalue weighted by atomic mass is 16.5. The minimum absolute atomic E-state index is 0.192. The maximum Gasteiger partial charge on any atom is 0.408 e. The van der Waals surface area contributed by atoms with Crippen molar-refractivity contribution in [1.29, 1.82) is 0 Å². The van der Waals surface area contributed by atoms with E-state index in [2.05, 4.69) is 20.9 Å². The van der Waals surface area contributed by atoms with E-state index in [1.165, 1.54) is 17.7 Å². The lowest BCUT2D eigenvalue weighted by Crippen LogP contribution is -2.46. The molecule has 0 aromatic heterocycles. The molecule has 4 N–H and O–H groups in total. The van der Waals surface area contributed by atoms with Gasteiger partial charge in [0, 0.05) is 43.1 Å². The number of urea groups is 1. The van der Waals surface area contributed by atoms with Crippen LogP contribution in [0.2, 0.25) is 0 Å². The number of hydrogen-bond donors (Lipinski definition) is 4. The lowest BCUT2D eigenvalue weighted by atomic mass is 10.1. The summed E-state index contributed by atoms with van der Waals surface area (Å²) >= 11 is 0. The van der Waals surface area contributed by atoms with E-state index < -0.39 is 17.7 Å². The van der Waals surface area contributed by atoms with Crippen molar-refractivity contribution in [2.45, 2.75) is 83.1 Å². The summed E-state index contributed by atoms with van der Waals surface area (Å²) in [5.74, 6) is 0.801. The molecule has 3 atom stereocenters. The summed E-state index contributed by atoms with van der Waals surface area (Å²) in [5, 5.41) is 18.3. The fourth-order valence-corrected chi connectivity index (χ4v) is 6.30. The SMILES string of the molecule is CC(C)(C)O[C@@H]1C[C@@H](C(=O)NCC2CCN(c3ccc(NC(=O)Nc4ccc(OC5CCCC5)cc4)cc3)C2)N(C(=O)O)C1. The Morgan fingerprint density at radius 2 is 1.52 bits per heavy atom. The van der Waals surface area contributed by atoms with E-state index in [1.807, 2.05) is 69.3 Å². The van der Waals surface area contributed by atoms with E-state index in [9.17, 15) is 19.5 Å². The second kappa shape index (κ2) is 13.8. The van der Waals surface area contributed by atoms with Gasteiger partial charge in [0.2, 0.25) is 5.91 Å². The zero-order chi connectivity index (χ0) is 31.3. The smallest absolute Gasteiger partial charge is 0.408 e. The Labute approximate surface area is 259 Å². The summed E-state index contributed by atoms with van der Waals surface area (Å²) in [5.41, 5.74) is 2.00. The molecule has 2 saturated heterocycles. The van der Waals surface area contributed by atoms with Crippen molar-refractivity contribution in [2.75, 3.05) is 41.7 Å². The van der Waals surface area contributed by atoms with Crippen LogP contribution in [-0.2, 0) is 9.53 Å². The monoisotopic (exact) mass is 607 g/mol. The largest absolute Gasteiger partial charge is 0.490 e. The Kier molecular flexibility index (Phi) is 9.83. The third kappa shape index (κ3) is 8.56. The van der Waals surface area contributed by atoms with E-state index in [0.717, 1.165) is 43.8 Å². The molecule has 0 radical (unpaired) electrons. The quantitative estimate of drug-likeness (QED) is 0.295. The number of likely N-dealkylation sites (tertiary alicyclic amines) is 1. The fraction of sp³-hybridized carbons (Fsp3) is 0.545. The van der Waals surface area contributed by atoms with Crippen molar-refractivity contribution in [3.8, 4) is 5.75 Å². The Morgan fingerprint density at radius 1 is 0.886 bits per heavy atom. The second-order valence-electron chi connectivity index (χ2n) is 13.1. The van der Waals surface area contributed by atoms with Crippen LogP contribution in [0.15, 0.2) is 48.5 Å². The number of hydrogen-bond acceptors (Lipinski definition) is 6. The number of nitrogens with one attached hydrogen (secondary N) is 3. The molecule has 0 spiro atoms. The molecule has 1 unspecified atom stereocenters. The average molecular weight is 608 g/mol. The third-order valence-electron chi connectivity index (χ3n) is 8.39. The summed E-state index contributed by atoms with van der Waals surface area (Å²) in [6.07, 6.45) is 4.79. The maximum atomic E-state index is 13.0. The summed E-state index contributed by atoms with van der Waals surface area (Å²) in [7, 11) is 0. The van der Waals surface area contributed by atoms with Crippen molar-refractivity contribution < 1.29 is 29.0 Å². The van der Waals surface area contributed by atoms with E-state index in [4.69, 9.17) is 9.47 Å². The van der Waals surface area contributed by atoms with Gasteiger partial charge in [-0.2, -0.15) is 0 Å². The van der Waals surface area contributed by atoms with Crippen LogP contribution in [0.5, 0.6) is 5.75 Å². The van der Waals surface area contributed by atoms with Crippen LogP contribution in [0.1, 0.15) is 59.3 Å². The van der Waals surface area contributed by atoms with Crippen molar-refractivity contribution in [3.05, 3.63) is 48.5 Å². The van der Waals surface area contributed by atoms with Gasteiger partial charge < -0.3 is 35.4 Å². The van der Waals surface area contributed by atoms with Gasteiger partial charge in [0.25, 0.3) is 0 Å². The van der Waals surface area contributed by atoms with Gasteiger partial charge in [0.1, 0.15) is 11.8 Å². The van der Waals surface area contributed by atoms with Crippen molar-refractivity contribution in [3.63, 3.8) is 0 Å². The van der Waals surface area contributed by atoms with Gasteiger partial charge >= 0.3 is 12.1 Å². The van der Waals surface area contributed by atoms with Crippen LogP contribution < -0.4 is 25.6 Å². The molecule has 2 aromatic carbocycles. The minimum atomic E-state index is -1.11. The average Bonchev–Trinajstić information content (AvgIpc) is 3.74. The minimum Gasteiger partial charge on any atom is -0.490 e. The molecule has 11 nitrogen and oxygen atoms in total. The van der Waals surface area contributed by atoms with Gasteiger partial charge in [-0.3, -0.25) is 9.69 Å². The Hall–Kier alpha value is -3.99. The lowest BCUT2D eigenvalue weighted by molar-refractivity contribution is -0.125. The van der Waals surface area contributed by atoms with Gasteiger partial charge in [-0.05, 0) is 107 Å². The number of ether oxygens (including phenoxy) is 2. The number of anilines is 3. The number of carboxylic acid groups (broad SMARTS) is 1. The van der Waals surface area contributed by atoms with E-state index in [0.29, 0.717) is 30.4 Å². The molecule has 44 heavy (non-hydrogen) atoms. The predicted molar refractivity (Wildman–Crippen MR) is 170 cm³/mol. The maximum absolute atomic E-state index is 13.0. The van der Waals surface area contributed by atoms with Crippen LogP contribution in [0.4, 0.5) is 26.7 Å². The molecule has 3 fully saturated rings. The molecule has 1 aliphatic carbocycles. The zero-order valence-electron chi connectivity index (χ0n) is 25.9. The molecule has 0 bridgehead atoms. The first-order valence-electron chi connectivity index (χ1n) is 15.7. The highest BCUT2D eigenvalue weighted by molar-refractivity contribution is 5.99. The lowest BCUT2D eigenvalue weighted by Gasteiger charge is -2.24. The van der Waals surface area contributed by atoms with Crippen molar-refractivity contribution >= 4 is 35.1 Å². The van der Waals surface area contributed by atoms with Crippen LogP contribution in [-0.4, -0.2) is 78.1 Å². The molecule has 4 amide bonds. The Balaban J connectivity index is 1.05. The van der Waals surface area contributed by atoms with E-state index in [-0.39, 0.29) is 30.5 Å². The van der Waals surface area contributed by atoms with Crippen LogP contribution >= 0.6 is 0 Å². The molecular weight excluding hydrogens is 562 g/mol. The van der Waals surface area contributed by atoms with Crippen LogP contribution in [0.25, 0.3) is 0 Å². The normalized spacial score (nSPS) is 22.2.